The molecule has 1 saturated carbocycles. The van der Waals surface area contributed by atoms with Crippen LogP contribution in [0.4, 0.5) is 20.4 Å². The fraction of sp³-hybridized carbons (Fsp3) is 0.438. The van der Waals surface area contributed by atoms with Crippen LogP contribution in [0.5, 0.6) is 17.6 Å². The molecule has 1 aliphatic carbocycles. The van der Waals surface area contributed by atoms with Gasteiger partial charge in [-0.25, -0.2) is 18.7 Å². The van der Waals surface area contributed by atoms with Crippen molar-refractivity contribution in [1.82, 2.24) is 24.8 Å². The van der Waals surface area contributed by atoms with Crippen molar-refractivity contribution in [3.05, 3.63) is 52.4 Å². The molecule has 2 saturated heterocycles. The SMILES string of the molecule is COc1nc2c3c(nc(-c4cc(O)cc(Cl)c4C4CC4)c(F)c3n1)OCCN2Cc1cccnc1N.FC1CC2CCCN2C1. The van der Waals surface area contributed by atoms with E-state index in [0.29, 0.717) is 53.3 Å². The van der Waals surface area contributed by atoms with Crippen LogP contribution in [0.1, 0.15) is 49.1 Å². The summed E-state index contributed by atoms with van der Waals surface area (Å²) in [5.41, 5.74) is 8.06. The average Bonchev–Trinajstić information content (AvgIpc) is 3.70. The van der Waals surface area contributed by atoms with Crippen molar-refractivity contribution in [3.8, 4) is 28.9 Å². The predicted octanol–water partition coefficient (Wildman–Crippen LogP) is 5.64. The molecule has 0 radical (unpaired) electrons. The highest BCUT2D eigenvalue weighted by Crippen LogP contribution is 2.50. The van der Waals surface area contributed by atoms with Crippen LogP contribution in [0.2, 0.25) is 5.02 Å². The van der Waals surface area contributed by atoms with Crippen molar-refractivity contribution < 1.29 is 23.4 Å². The number of pyridine rings is 2. The van der Waals surface area contributed by atoms with Gasteiger partial charge in [0.2, 0.25) is 5.88 Å². The molecular weight excluding hydrogens is 604 g/mol. The minimum atomic E-state index is -0.675. The molecule has 45 heavy (non-hydrogen) atoms. The number of halogens is 3. The lowest BCUT2D eigenvalue weighted by atomic mass is 9.98. The smallest absolute Gasteiger partial charge is 0.318 e. The first-order valence-corrected chi connectivity index (χ1v) is 15.6. The lowest BCUT2D eigenvalue weighted by molar-refractivity contribution is 0.292. The molecule has 3 aliphatic heterocycles. The van der Waals surface area contributed by atoms with E-state index in [1.54, 1.807) is 12.3 Å². The first kappa shape index (κ1) is 29.7. The first-order valence-electron chi connectivity index (χ1n) is 15.2. The van der Waals surface area contributed by atoms with Gasteiger partial charge < -0.3 is 25.2 Å². The van der Waals surface area contributed by atoms with Crippen molar-refractivity contribution in [2.24, 2.45) is 0 Å². The molecule has 3 aromatic heterocycles. The van der Waals surface area contributed by atoms with Crippen LogP contribution in [0.25, 0.3) is 22.2 Å². The maximum atomic E-state index is 16.2. The van der Waals surface area contributed by atoms with Crippen LogP contribution in [0.3, 0.4) is 0 Å². The molecule has 3 fully saturated rings. The second-order valence-electron chi connectivity index (χ2n) is 11.9. The molecule has 4 aliphatic rings. The van der Waals surface area contributed by atoms with Gasteiger partial charge in [-0.15, -0.1) is 0 Å². The molecule has 6 heterocycles. The van der Waals surface area contributed by atoms with Crippen molar-refractivity contribution in [3.63, 3.8) is 0 Å². The second kappa shape index (κ2) is 12.1. The first-order chi connectivity index (χ1) is 21.8. The predicted molar refractivity (Wildman–Crippen MR) is 167 cm³/mol. The second-order valence-corrected chi connectivity index (χ2v) is 12.3. The summed E-state index contributed by atoms with van der Waals surface area (Å²) in [6.07, 6.45) is 6.30. The minimum Gasteiger partial charge on any atom is -0.508 e. The molecule has 0 spiro atoms. The maximum absolute atomic E-state index is 16.2. The van der Waals surface area contributed by atoms with Gasteiger partial charge in [0.15, 0.2) is 5.82 Å². The Labute approximate surface area is 264 Å². The van der Waals surface area contributed by atoms with Crippen LogP contribution in [0, 0.1) is 5.82 Å². The molecule has 0 bridgehead atoms. The number of phenols is 1. The molecule has 236 valence electrons. The fourth-order valence-corrected chi connectivity index (χ4v) is 6.99. The Morgan fingerprint density at radius 1 is 1.18 bits per heavy atom. The summed E-state index contributed by atoms with van der Waals surface area (Å²) in [6, 6.07) is 7.24. The lowest BCUT2D eigenvalue weighted by Gasteiger charge is -2.23. The van der Waals surface area contributed by atoms with Gasteiger partial charge >= 0.3 is 6.01 Å². The Balaban J connectivity index is 0.000000308. The quantitative estimate of drug-likeness (QED) is 0.284. The number of rotatable bonds is 5. The molecule has 2 unspecified atom stereocenters. The van der Waals surface area contributed by atoms with Gasteiger partial charge in [-0.05, 0) is 68.3 Å². The number of fused-ring (bicyclic) bond motifs is 1. The number of methoxy groups -OCH3 is 1. The van der Waals surface area contributed by atoms with Crippen molar-refractivity contribution in [2.75, 3.05) is 44.0 Å². The number of aromatic nitrogens is 4. The van der Waals surface area contributed by atoms with Crippen LogP contribution in [-0.2, 0) is 6.54 Å². The molecule has 4 aromatic rings. The van der Waals surface area contributed by atoms with Gasteiger partial charge in [0, 0.05) is 41.5 Å². The Kier molecular flexibility index (Phi) is 7.95. The van der Waals surface area contributed by atoms with Gasteiger partial charge in [0.05, 0.1) is 13.7 Å². The number of anilines is 2. The maximum Gasteiger partial charge on any atom is 0.318 e. The summed E-state index contributed by atoms with van der Waals surface area (Å²) in [6.45, 7) is 2.93. The fourth-order valence-electron chi connectivity index (χ4n) is 6.62. The standard InChI is InChI=1S/C25H22ClFN6O3.C7H12FN/c1-35-25-31-21-18-23(32-25)33(11-13-3-2-6-29-22(13)28)7-8-36-24(18)30-20(19(21)27)15-9-14(34)10-16(26)17(15)12-4-5-12;8-6-4-7-2-1-3-9(7)5-6/h2-3,6,9-10,12,34H,4-5,7-8,11H2,1H3,(H2,28,29);6-7H,1-5H2. The van der Waals surface area contributed by atoms with Gasteiger partial charge in [0.25, 0.3) is 0 Å². The van der Waals surface area contributed by atoms with E-state index in [0.717, 1.165) is 36.9 Å². The third kappa shape index (κ3) is 5.77. The van der Waals surface area contributed by atoms with E-state index >= 15 is 4.39 Å². The molecule has 8 rings (SSSR count). The lowest BCUT2D eigenvalue weighted by Crippen LogP contribution is -2.28. The third-order valence-corrected chi connectivity index (χ3v) is 9.21. The molecule has 0 amide bonds. The summed E-state index contributed by atoms with van der Waals surface area (Å²) in [4.78, 5) is 21.8. The van der Waals surface area contributed by atoms with Gasteiger partial charge in [-0.3, -0.25) is 4.90 Å². The molecular formula is C32H34ClF2N7O3. The number of ether oxygens (including phenoxy) is 2. The average molecular weight is 638 g/mol. The number of alkyl halides is 1. The number of nitrogens with two attached hydrogens (primary N) is 1. The van der Waals surface area contributed by atoms with E-state index in [-0.39, 0.29) is 41.4 Å². The summed E-state index contributed by atoms with van der Waals surface area (Å²) in [7, 11) is 1.42. The van der Waals surface area contributed by atoms with Crippen molar-refractivity contribution in [2.45, 2.75) is 56.8 Å². The highest BCUT2D eigenvalue weighted by Gasteiger charge is 2.35. The Hall–Kier alpha value is -4.03. The zero-order chi connectivity index (χ0) is 31.2. The zero-order valence-corrected chi connectivity index (χ0v) is 25.6. The highest BCUT2D eigenvalue weighted by molar-refractivity contribution is 6.32. The van der Waals surface area contributed by atoms with E-state index in [1.165, 1.54) is 32.1 Å². The normalized spacial score (nSPS) is 20.8. The largest absolute Gasteiger partial charge is 0.508 e. The van der Waals surface area contributed by atoms with Crippen molar-refractivity contribution >= 4 is 34.1 Å². The Bertz CT molecular complexity index is 1750. The summed E-state index contributed by atoms with van der Waals surface area (Å²) < 4.78 is 40.2. The topological polar surface area (TPSA) is 123 Å². The number of nitrogens with zero attached hydrogens (tertiary/aromatic N) is 6. The van der Waals surface area contributed by atoms with E-state index in [9.17, 15) is 9.50 Å². The van der Waals surface area contributed by atoms with E-state index in [1.807, 2.05) is 11.0 Å². The molecule has 3 N–H and O–H groups in total. The number of hydrogen-bond acceptors (Lipinski definition) is 10. The van der Waals surface area contributed by atoms with Gasteiger partial charge in [-0.1, -0.05) is 17.7 Å². The van der Waals surface area contributed by atoms with E-state index in [4.69, 9.17) is 26.8 Å². The molecule has 2 atom stereocenters. The molecule has 1 aromatic carbocycles. The summed E-state index contributed by atoms with van der Waals surface area (Å²) >= 11 is 6.47. The number of benzene rings is 1. The monoisotopic (exact) mass is 637 g/mol. The van der Waals surface area contributed by atoms with E-state index < -0.39 is 12.0 Å². The number of aromatic hydroxyl groups is 1. The van der Waals surface area contributed by atoms with Gasteiger partial charge in [0.1, 0.15) is 46.8 Å². The highest BCUT2D eigenvalue weighted by atomic mass is 35.5. The number of phenolic OH excluding ortho intramolecular Hbond substituents is 1. The van der Waals surface area contributed by atoms with Crippen LogP contribution in [0.15, 0.2) is 30.5 Å². The number of nitrogen functional groups attached to an aromatic ring is 1. The van der Waals surface area contributed by atoms with E-state index in [2.05, 4.69) is 24.8 Å². The minimum absolute atomic E-state index is 0.00177. The molecule has 10 nitrogen and oxygen atoms in total. The Morgan fingerprint density at radius 2 is 2.02 bits per heavy atom. The zero-order valence-electron chi connectivity index (χ0n) is 24.8. The summed E-state index contributed by atoms with van der Waals surface area (Å²) in [5, 5.41) is 11.0. The molecule has 13 heteroatoms. The summed E-state index contributed by atoms with van der Waals surface area (Å²) in [5.74, 6) is 0.442. The third-order valence-electron chi connectivity index (χ3n) is 8.90. The van der Waals surface area contributed by atoms with Crippen LogP contribution in [-0.4, -0.2) is 75.5 Å². The van der Waals surface area contributed by atoms with Crippen molar-refractivity contribution in [1.29, 1.82) is 0 Å². The Morgan fingerprint density at radius 3 is 2.78 bits per heavy atom. The van der Waals surface area contributed by atoms with Gasteiger partial charge in [-0.2, -0.15) is 9.97 Å². The van der Waals surface area contributed by atoms with Crippen LogP contribution < -0.4 is 20.1 Å². The number of hydrogen-bond donors (Lipinski definition) is 2. The van der Waals surface area contributed by atoms with Crippen LogP contribution >= 0.6 is 11.6 Å².